The van der Waals surface area contributed by atoms with Gasteiger partial charge in [-0.05, 0) is 113 Å². The summed E-state index contributed by atoms with van der Waals surface area (Å²) >= 11 is 11.0. The summed E-state index contributed by atoms with van der Waals surface area (Å²) in [6.07, 6.45) is 1.51. The molecule has 1 amide bonds. The Bertz CT molecular complexity index is 1690. The molecule has 3 N–H and O–H groups in total. The summed E-state index contributed by atoms with van der Waals surface area (Å²) in [5.41, 5.74) is 6.12. The van der Waals surface area contributed by atoms with Gasteiger partial charge in [-0.1, -0.05) is 30.3 Å². The van der Waals surface area contributed by atoms with E-state index in [0.717, 1.165) is 14.7 Å². The standard InChI is InChI=1S/C33H32BrIN4O7S/c1-4-43-31(41)22-12-10-20(11-13-22)17-46-30-24(34)14-21(15-25(30)35)16-36-39-27(40)18-45-26-9-7-6-8-23(26)29-28(32(42)44-5-2)19(3)37-33(47)38-29/h6-16,29H,4-5,17-18H2,1-3H3,(H,39,40)(H2,37,38,47)/t29-/m1/s1. The highest BCUT2D eigenvalue weighted by molar-refractivity contribution is 14.1. The summed E-state index contributed by atoms with van der Waals surface area (Å²) in [5.74, 6) is -0.286. The predicted octanol–water partition coefficient (Wildman–Crippen LogP) is 5.69. The average molecular weight is 836 g/mol. The van der Waals surface area contributed by atoms with Crippen LogP contribution in [0, 0.1) is 3.57 Å². The minimum Gasteiger partial charge on any atom is -0.487 e. The number of rotatable bonds is 13. The highest BCUT2D eigenvalue weighted by atomic mass is 127. The van der Waals surface area contributed by atoms with E-state index >= 15 is 0 Å². The van der Waals surface area contributed by atoms with Gasteiger partial charge in [0.1, 0.15) is 18.1 Å². The van der Waals surface area contributed by atoms with Crippen LogP contribution in [0.5, 0.6) is 11.5 Å². The molecule has 1 atom stereocenters. The van der Waals surface area contributed by atoms with E-state index in [1.54, 1.807) is 57.2 Å². The maximum absolute atomic E-state index is 12.8. The van der Waals surface area contributed by atoms with Crippen molar-refractivity contribution in [1.82, 2.24) is 16.1 Å². The van der Waals surface area contributed by atoms with E-state index in [2.05, 4.69) is 59.7 Å². The Morgan fingerprint density at radius 2 is 1.72 bits per heavy atom. The average Bonchev–Trinajstić information content (AvgIpc) is 3.03. The summed E-state index contributed by atoms with van der Waals surface area (Å²) < 4.78 is 23.7. The molecule has 0 bridgehead atoms. The van der Waals surface area contributed by atoms with E-state index in [0.29, 0.717) is 56.7 Å². The van der Waals surface area contributed by atoms with Gasteiger partial charge in [-0.25, -0.2) is 15.0 Å². The van der Waals surface area contributed by atoms with Crippen LogP contribution < -0.4 is 25.5 Å². The van der Waals surface area contributed by atoms with E-state index in [1.807, 2.05) is 24.3 Å². The molecule has 1 heterocycles. The van der Waals surface area contributed by atoms with Crippen molar-refractivity contribution in [2.24, 2.45) is 5.10 Å². The number of nitrogens with one attached hydrogen (secondary N) is 3. The third kappa shape index (κ3) is 9.74. The normalized spacial score (nSPS) is 14.2. The van der Waals surface area contributed by atoms with Crippen molar-refractivity contribution in [2.45, 2.75) is 33.4 Å². The van der Waals surface area contributed by atoms with Gasteiger partial charge in [0.2, 0.25) is 0 Å². The highest BCUT2D eigenvalue weighted by Crippen LogP contribution is 2.34. The number of hydrogen-bond donors (Lipinski definition) is 3. The quantitative estimate of drug-likeness (QED) is 0.0648. The monoisotopic (exact) mass is 834 g/mol. The zero-order valence-corrected chi connectivity index (χ0v) is 30.3. The molecular formula is C33H32BrIN4O7S. The van der Waals surface area contributed by atoms with Crippen LogP contribution in [-0.2, 0) is 25.7 Å². The summed E-state index contributed by atoms with van der Waals surface area (Å²) in [6.45, 7) is 5.75. The molecule has 0 unspecified atom stereocenters. The Morgan fingerprint density at radius 3 is 2.43 bits per heavy atom. The molecule has 1 aliphatic rings. The maximum Gasteiger partial charge on any atom is 0.338 e. The fraction of sp³-hybridized carbons (Fsp3) is 0.242. The molecule has 1 aliphatic heterocycles. The number of ether oxygens (including phenoxy) is 4. The highest BCUT2D eigenvalue weighted by Gasteiger charge is 2.32. The van der Waals surface area contributed by atoms with Crippen LogP contribution in [0.1, 0.15) is 53.9 Å². The van der Waals surface area contributed by atoms with Crippen molar-refractivity contribution in [3.05, 3.63) is 102 Å². The SMILES string of the molecule is CCOC(=O)C1=C(C)NC(=S)N[C@@H]1c1ccccc1OCC(=O)NN=Cc1cc(Br)c(OCc2ccc(C(=O)OCC)cc2)c(I)c1. The van der Waals surface area contributed by atoms with E-state index in [9.17, 15) is 14.4 Å². The number of allylic oxidation sites excluding steroid dienone is 1. The van der Waals surface area contributed by atoms with Crippen molar-refractivity contribution >= 4 is 79.9 Å². The number of hydrogen-bond acceptors (Lipinski definition) is 9. The Morgan fingerprint density at radius 1 is 1.02 bits per heavy atom. The molecule has 0 aliphatic carbocycles. The topological polar surface area (TPSA) is 137 Å². The molecular weight excluding hydrogens is 803 g/mol. The number of nitrogens with zero attached hydrogens (tertiary/aromatic N) is 1. The number of esters is 2. The molecule has 246 valence electrons. The number of halogens is 2. The van der Waals surface area contributed by atoms with Crippen LogP contribution in [0.4, 0.5) is 0 Å². The lowest BCUT2D eigenvalue weighted by molar-refractivity contribution is -0.139. The van der Waals surface area contributed by atoms with Gasteiger partial charge in [0, 0.05) is 11.3 Å². The zero-order valence-electron chi connectivity index (χ0n) is 25.7. The van der Waals surface area contributed by atoms with Gasteiger partial charge in [-0.15, -0.1) is 0 Å². The first kappa shape index (κ1) is 35.8. The number of carbonyl (C=O) groups excluding carboxylic acids is 3. The second kappa shape index (κ2) is 17.2. The summed E-state index contributed by atoms with van der Waals surface area (Å²) in [6, 6.07) is 17.2. The second-order valence-electron chi connectivity index (χ2n) is 9.93. The second-order valence-corrected chi connectivity index (χ2v) is 12.4. The minimum atomic E-state index is -0.634. The molecule has 14 heteroatoms. The van der Waals surface area contributed by atoms with Crippen molar-refractivity contribution in [2.75, 3.05) is 19.8 Å². The molecule has 47 heavy (non-hydrogen) atoms. The van der Waals surface area contributed by atoms with Crippen molar-refractivity contribution < 1.29 is 33.3 Å². The summed E-state index contributed by atoms with van der Waals surface area (Å²) in [7, 11) is 0. The van der Waals surface area contributed by atoms with E-state index in [4.69, 9.17) is 31.2 Å². The van der Waals surface area contributed by atoms with Gasteiger partial charge in [-0.2, -0.15) is 5.10 Å². The van der Waals surface area contributed by atoms with Crippen LogP contribution in [0.15, 0.2) is 81.5 Å². The van der Waals surface area contributed by atoms with Crippen LogP contribution >= 0.6 is 50.7 Å². The van der Waals surface area contributed by atoms with E-state index < -0.39 is 17.9 Å². The first-order valence-corrected chi connectivity index (χ1v) is 16.8. The molecule has 0 aromatic heterocycles. The van der Waals surface area contributed by atoms with E-state index in [-0.39, 0.29) is 19.2 Å². The number of hydrazone groups is 1. The lowest BCUT2D eigenvalue weighted by Gasteiger charge is -2.30. The van der Waals surface area contributed by atoms with Crippen LogP contribution in [0.2, 0.25) is 0 Å². The number of amides is 1. The molecule has 0 saturated heterocycles. The fourth-order valence-electron chi connectivity index (χ4n) is 4.51. The van der Waals surface area contributed by atoms with Crippen LogP contribution in [0.3, 0.4) is 0 Å². The molecule has 0 spiro atoms. The molecule has 4 rings (SSSR count). The summed E-state index contributed by atoms with van der Waals surface area (Å²) in [4.78, 5) is 37.2. The number of thiocarbonyl (C=S) groups is 1. The molecule has 0 radical (unpaired) electrons. The Balaban J connectivity index is 1.35. The first-order chi connectivity index (χ1) is 22.6. The Labute approximate surface area is 299 Å². The first-order valence-electron chi connectivity index (χ1n) is 14.5. The zero-order chi connectivity index (χ0) is 33.9. The maximum atomic E-state index is 12.8. The molecule has 3 aromatic rings. The van der Waals surface area contributed by atoms with Gasteiger partial charge in [0.15, 0.2) is 11.7 Å². The fourth-order valence-corrected chi connectivity index (χ4v) is 6.55. The van der Waals surface area contributed by atoms with Gasteiger partial charge >= 0.3 is 11.9 Å². The lowest BCUT2D eigenvalue weighted by Crippen LogP contribution is -2.45. The van der Waals surface area contributed by atoms with Crippen LogP contribution in [-0.4, -0.2) is 49.0 Å². The number of carbonyl (C=O) groups is 3. The van der Waals surface area contributed by atoms with Gasteiger partial charge in [0.05, 0.1) is 44.6 Å². The van der Waals surface area contributed by atoms with E-state index in [1.165, 1.54) is 6.21 Å². The third-order valence-electron chi connectivity index (χ3n) is 6.62. The smallest absolute Gasteiger partial charge is 0.338 e. The molecule has 0 fully saturated rings. The summed E-state index contributed by atoms with van der Waals surface area (Å²) in [5, 5.41) is 10.5. The number of benzene rings is 3. The lowest BCUT2D eigenvalue weighted by atomic mass is 9.95. The minimum absolute atomic E-state index is 0.218. The van der Waals surface area contributed by atoms with Crippen molar-refractivity contribution in [3.8, 4) is 11.5 Å². The van der Waals surface area contributed by atoms with Crippen LogP contribution in [0.25, 0.3) is 0 Å². The Hall–Kier alpha value is -4.02. The van der Waals surface area contributed by atoms with Crippen molar-refractivity contribution in [3.63, 3.8) is 0 Å². The van der Waals surface area contributed by atoms with Gasteiger partial charge in [0.25, 0.3) is 5.91 Å². The molecule has 11 nitrogen and oxygen atoms in total. The molecule has 0 saturated carbocycles. The third-order valence-corrected chi connectivity index (χ3v) is 8.24. The molecule has 3 aromatic carbocycles. The predicted molar refractivity (Wildman–Crippen MR) is 192 cm³/mol. The largest absolute Gasteiger partial charge is 0.487 e. The number of para-hydroxylation sites is 1. The van der Waals surface area contributed by atoms with Crippen molar-refractivity contribution in [1.29, 1.82) is 0 Å². The van der Waals surface area contributed by atoms with Gasteiger partial charge in [-0.3, -0.25) is 4.79 Å². The van der Waals surface area contributed by atoms with Gasteiger partial charge < -0.3 is 29.6 Å². The Kier molecular flexibility index (Phi) is 13.1.